The van der Waals surface area contributed by atoms with Gasteiger partial charge >= 0.3 is 0 Å². The van der Waals surface area contributed by atoms with Gasteiger partial charge in [-0.15, -0.1) is 11.8 Å². The second-order valence-corrected chi connectivity index (χ2v) is 5.77. The Labute approximate surface area is 140 Å². The Morgan fingerprint density at radius 2 is 1.91 bits per heavy atom. The first-order chi connectivity index (χ1) is 11.1. The van der Waals surface area contributed by atoms with Gasteiger partial charge in [-0.2, -0.15) is 0 Å². The van der Waals surface area contributed by atoms with Crippen molar-refractivity contribution < 1.29 is 9.84 Å². The summed E-state index contributed by atoms with van der Waals surface area (Å²) >= 11 is 0. The fraction of sp³-hybridized carbons (Fsp3) is 0.429. The lowest BCUT2D eigenvalue weighted by molar-refractivity contribution is 0.411. The zero-order valence-corrected chi connectivity index (χ0v) is 14.8. The van der Waals surface area contributed by atoms with E-state index in [2.05, 4.69) is 37.8 Å². The van der Waals surface area contributed by atoms with Crippen molar-refractivity contribution in [3.05, 3.63) is 47.1 Å². The minimum absolute atomic E-state index is 0.322. The van der Waals surface area contributed by atoms with Crippen molar-refractivity contribution in [2.45, 2.75) is 52.9 Å². The molecule has 23 heavy (non-hydrogen) atoms. The van der Waals surface area contributed by atoms with Gasteiger partial charge in [-0.3, -0.25) is 0 Å². The van der Waals surface area contributed by atoms with Crippen LogP contribution in [0.5, 0.6) is 11.5 Å². The molecule has 0 bridgehead atoms. The Bertz CT molecular complexity index is 612. The van der Waals surface area contributed by atoms with Gasteiger partial charge < -0.3 is 9.84 Å². The van der Waals surface area contributed by atoms with Gasteiger partial charge in [0.25, 0.3) is 0 Å². The molecule has 0 spiro atoms. The Kier molecular flexibility index (Phi) is 8.68. The summed E-state index contributed by atoms with van der Waals surface area (Å²) in [5, 5.41) is 9.89. The van der Waals surface area contributed by atoms with Crippen LogP contribution in [-0.4, -0.2) is 12.2 Å². The van der Waals surface area contributed by atoms with Crippen molar-refractivity contribution >= 4 is 0 Å². The van der Waals surface area contributed by atoms with Gasteiger partial charge in [0.2, 0.25) is 0 Å². The predicted octanol–water partition coefficient (Wildman–Crippen LogP) is 5.42. The number of rotatable bonds is 8. The van der Waals surface area contributed by atoms with Crippen LogP contribution in [0.15, 0.2) is 41.5 Å². The molecular weight excluding hydrogens is 284 g/mol. The Morgan fingerprint density at radius 3 is 2.61 bits per heavy atom. The van der Waals surface area contributed by atoms with Gasteiger partial charge in [-0.25, -0.2) is 0 Å². The minimum Gasteiger partial charge on any atom is -0.508 e. The zero-order chi connectivity index (χ0) is 17.1. The molecule has 0 saturated heterocycles. The van der Waals surface area contributed by atoms with Crippen molar-refractivity contribution in [1.29, 1.82) is 0 Å². The maximum Gasteiger partial charge on any atom is 0.119 e. The van der Waals surface area contributed by atoms with Crippen LogP contribution in [0, 0.1) is 11.8 Å². The lowest BCUT2D eigenvalue weighted by atomic mass is 10.0. The summed E-state index contributed by atoms with van der Waals surface area (Å²) in [6.45, 7) is 6.20. The van der Waals surface area contributed by atoms with Crippen molar-refractivity contribution in [2.24, 2.45) is 0 Å². The highest BCUT2D eigenvalue weighted by Gasteiger charge is 2.02. The van der Waals surface area contributed by atoms with Crippen molar-refractivity contribution in [3.8, 4) is 23.3 Å². The fourth-order valence-electron chi connectivity index (χ4n) is 2.27. The predicted molar refractivity (Wildman–Crippen MR) is 97.8 cm³/mol. The summed E-state index contributed by atoms with van der Waals surface area (Å²) in [5.41, 5.74) is 3.64. The van der Waals surface area contributed by atoms with Crippen LogP contribution in [0.3, 0.4) is 0 Å². The highest BCUT2D eigenvalue weighted by Crippen LogP contribution is 2.24. The molecule has 2 heteroatoms. The SMILES string of the molecule is CC#CCC/C(C)=C/CC/C(C)=C/Cc1cc(OC)ccc1O. The number of hydrogen-bond acceptors (Lipinski definition) is 2. The molecule has 0 radical (unpaired) electrons. The van der Waals surface area contributed by atoms with E-state index in [9.17, 15) is 5.11 Å². The molecule has 0 atom stereocenters. The molecule has 0 heterocycles. The molecule has 2 nitrogen and oxygen atoms in total. The molecule has 1 rings (SSSR count). The largest absolute Gasteiger partial charge is 0.508 e. The average Bonchev–Trinajstić information content (AvgIpc) is 2.54. The van der Waals surface area contributed by atoms with Crippen LogP contribution in [0.2, 0.25) is 0 Å². The number of methoxy groups -OCH3 is 1. The summed E-state index contributed by atoms with van der Waals surface area (Å²) in [6.07, 6.45) is 9.31. The van der Waals surface area contributed by atoms with E-state index in [0.29, 0.717) is 5.75 Å². The van der Waals surface area contributed by atoms with Crippen molar-refractivity contribution in [1.82, 2.24) is 0 Å². The molecule has 0 aliphatic rings. The lowest BCUT2D eigenvalue weighted by Gasteiger charge is -2.06. The third kappa shape index (κ3) is 7.61. The van der Waals surface area contributed by atoms with Crippen LogP contribution in [-0.2, 0) is 6.42 Å². The molecule has 0 unspecified atom stereocenters. The second kappa shape index (κ2) is 10.6. The monoisotopic (exact) mass is 312 g/mol. The first kappa shape index (κ1) is 18.9. The van der Waals surface area contributed by atoms with E-state index in [4.69, 9.17) is 4.74 Å². The molecule has 0 aliphatic carbocycles. The maximum atomic E-state index is 9.89. The number of hydrogen-bond donors (Lipinski definition) is 1. The van der Waals surface area contributed by atoms with Crippen LogP contribution >= 0.6 is 0 Å². The smallest absolute Gasteiger partial charge is 0.119 e. The normalized spacial score (nSPS) is 11.8. The van der Waals surface area contributed by atoms with Crippen LogP contribution in [0.25, 0.3) is 0 Å². The molecule has 0 saturated carbocycles. The minimum atomic E-state index is 0.322. The molecule has 0 amide bonds. The highest BCUT2D eigenvalue weighted by molar-refractivity contribution is 5.40. The topological polar surface area (TPSA) is 29.5 Å². The number of allylic oxidation sites excluding steroid dienone is 4. The van der Waals surface area contributed by atoms with Crippen molar-refractivity contribution in [3.63, 3.8) is 0 Å². The van der Waals surface area contributed by atoms with Crippen LogP contribution in [0.1, 0.15) is 52.0 Å². The standard InChI is InChI=1S/C21H28O2/c1-5-6-7-9-17(2)10-8-11-18(3)12-13-19-16-20(23-4)14-15-21(19)22/h10,12,14-16,22H,7-9,11,13H2,1-4H3/b17-10+,18-12+. The van der Waals surface area contributed by atoms with Gasteiger partial charge in [0.05, 0.1) is 7.11 Å². The van der Waals surface area contributed by atoms with E-state index < -0.39 is 0 Å². The van der Waals surface area contributed by atoms with E-state index in [1.165, 1.54) is 11.1 Å². The number of phenolic OH excluding ortho intramolecular Hbond substituents is 1. The van der Waals surface area contributed by atoms with E-state index in [1.54, 1.807) is 19.2 Å². The average molecular weight is 312 g/mol. The maximum absolute atomic E-state index is 9.89. The summed E-state index contributed by atoms with van der Waals surface area (Å²) in [5.74, 6) is 7.12. The molecule has 124 valence electrons. The molecule has 1 aromatic carbocycles. The molecule has 0 fully saturated rings. The molecule has 1 aromatic rings. The quantitative estimate of drug-likeness (QED) is 0.513. The highest BCUT2D eigenvalue weighted by atomic mass is 16.5. The first-order valence-electron chi connectivity index (χ1n) is 8.13. The molecule has 0 aliphatic heterocycles. The Morgan fingerprint density at radius 1 is 1.17 bits per heavy atom. The zero-order valence-electron chi connectivity index (χ0n) is 14.8. The number of benzene rings is 1. The van der Waals surface area contributed by atoms with Crippen molar-refractivity contribution in [2.75, 3.05) is 7.11 Å². The first-order valence-corrected chi connectivity index (χ1v) is 8.13. The molecular formula is C21H28O2. The summed E-state index contributed by atoms with van der Waals surface area (Å²) in [4.78, 5) is 0. The van der Waals surface area contributed by atoms with Gasteiger partial charge in [0, 0.05) is 12.0 Å². The number of aromatic hydroxyl groups is 1. The molecule has 1 N–H and O–H groups in total. The van der Waals surface area contributed by atoms with E-state index in [0.717, 1.165) is 43.4 Å². The van der Waals surface area contributed by atoms with Gasteiger partial charge in [0.15, 0.2) is 0 Å². The van der Waals surface area contributed by atoms with E-state index in [1.807, 2.05) is 13.0 Å². The van der Waals surface area contributed by atoms with Gasteiger partial charge in [-0.1, -0.05) is 23.3 Å². The Hall–Kier alpha value is -2.14. The van der Waals surface area contributed by atoms with E-state index >= 15 is 0 Å². The third-order valence-corrected chi connectivity index (χ3v) is 3.81. The lowest BCUT2D eigenvalue weighted by Crippen LogP contribution is -1.88. The van der Waals surface area contributed by atoms with E-state index in [-0.39, 0.29) is 0 Å². The summed E-state index contributed by atoms with van der Waals surface area (Å²) in [6, 6.07) is 5.34. The summed E-state index contributed by atoms with van der Waals surface area (Å²) in [7, 11) is 1.64. The van der Waals surface area contributed by atoms with Gasteiger partial charge in [-0.05, 0) is 64.7 Å². The second-order valence-electron chi connectivity index (χ2n) is 5.77. The number of phenols is 1. The number of ether oxygens (including phenoxy) is 1. The fourth-order valence-corrected chi connectivity index (χ4v) is 2.27. The summed E-state index contributed by atoms with van der Waals surface area (Å²) < 4.78 is 5.20. The Balaban J connectivity index is 2.48. The van der Waals surface area contributed by atoms with Crippen LogP contribution < -0.4 is 4.74 Å². The molecule has 0 aromatic heterocycles. The van der Waals surface area contributed by atoms with Gasteiger partial charge in [0.1, 0.15) is 11.5 Å². The van der Waals surface area contributed by atoms with Crippen LogP contribution in [0.4, 0.5) is 0 Å². The third-order valence-electron chi connectivity index (χ3n) is 3.81.